The first-order valence-electron chi connectivity index (χ1n) is 7.04. The molecule has 0 unspecified atom stereocenters. The minimum absolute atomic E-state index is 0.0719. The van der Waals surface area contributed by atoms with Crippen LogP contribution in [-0.2, 0) is 16.8 Å². The molecule has 2 aliphatic rings. The number of nitrogens with zero attached hydrogens (tertiary/aromatic N) is 2. The highest BCUT2D eigenvalue weighted by Crippen LogP contribution is 2.43. The standard InChI is InChI=1S/C15H17N3O2/c1-19-15(7-4-8-15)14-17-13(20-18-14)12-9-10-5-2-3-6-11(10)16-12/h2-3,5-6,12,16H,4,7-9H2,1H3/t12-/m0/s1. The maximum Gasteiger partial charge on any atom is 0.249 e. The van der Waals surface area contributed by atoms with Crippen LogP contribution in [0.5, 0.6) is 0 Å². The molecule has 1 atom stereocenters. The molecular formula is C15H17N3O2. The Bertz CT molecular complexity index is 603. The van der Waals surface area contributed by atoms with E-state index in [2.05, 4.69) is 33.7 Å². The van der Waals surface area contributed by atoms with Crippen LogP contribution in [-0.4, -0.2) is 17.3 Å². The number of ether oxygens (including phenoxy) is 1. The Hall–Kier alpha value is -1.88. The van der Waals surface area contributed by atoms with Gasteiger partial charge in [0.2, 0.25) is 11.7 Å². The molecule has 1 fully saturated rings. The van der Waals surface area contributed by atoms with Gasteiger partial charge < -0.3 is 14.6 Å². The predicted octanol–water partition coefficient (Wildman–Crippen LogP) is 2.80. The van der Waals surface area contributed by atoms with Gasteiger partial charge in [0, 0.05) is 19.2 Å². The fraction of sp³-hybridized carbons (Fsp3) is 0.467. The van der Waals surface area contributed by atoms with E-state index in [-0.39, 0.29) is 11.6 Å². The lowest BCUT2D eigenvalue weighted by Crippen LogP contribution is -2.37. The molecule has 1 aromatic heterocycles. The van der Waals surface area contributed by atoms with E-state index in [9.17, 15) is 0 Å². The second-order valence-corrected chi connectivity index (χ2v) is 5.57. The number of aromatic nitrogens is 2. The molecule has 5 heteroatoms. The van der Waals surface area contributed by atoms with Gasteiger partial charge in [-0.15, -0.1) is 0 Å². The summed E-state index contributed by atoms with van der Waals surface area (Å²) in [6.45, 7) is 0. The number of benzene rings is 1. The highest BCUT2D eigenvalue weighted by molar-refractivity contribution is 5.56. The number of rotatable bonds is 3. The third kappa shape index (κ3) is 1.66. The maximum absolute atomic E-state index is 5.59. The van der Waals surface area contributed by atoms with Crippen molar-refractivity contribution in [2.75, 3.05) is 12.4 Å². The molecule has 1 aromatic carbocycles. The molecule has 0 radical (unpaired) electrons. The molecule has 1 aliphatic heterocycles. The number of para-hydroxylation sites is 1. The Morgan fingerprint density at radius 1 is 1.35 bits per heavy atom. The first-order valence-corrected chi connectivity index (χ1v) is 7.04. The zero-order valence-corrected chi connectivity index (χ0v) is 11.4. The van der Waals surface area contributed by atoms with Crippen molar-refractivity contribution in [3.63, 3.8) is 0 Å². The number of hydrogen-bond donors (Lipinski definition) is 1. The highest BCUT2D eigenvalue weighted by atomic mass is 16.5. The smallest absolute Gasteiger partial charge is 0.249 e. The second-order valence-electron chi connectivity index (χ2n) is 5.57. The van der Waals surface area contributed by atoms with Crippen LogP contribution in [0.3, 0.4) is 0 Å². The average Bonchev–Trinajstić information content (AvgIpc) is 3.04. The van der Waals surface area contributed by atoms with Gasteiger partial charge in [-0.1, -0.05) is 23.4 Å². The van der Waals surface area contributed by atoms with E-state index < -0.39 is 0 Å². The Labute approximate surface area is 117 Å². The van der Waals surface area contributed by atoms with E-state index in [1.165, 1.54) is 5.56 Å². The Kier molecular flexibility index (Phi) is 2.57. The van der Waals surface area contributed by atoms with Crippen molar-refractivity contribution >= 4 is 5.69 Å². The molecule has 0 spiro atoms. The summed E-state index contributed by atoms with van der Waals surface area (Å²) in [5.41, 5.74) is 2.14. The fourth-order valence-electron chi connectivity index (χ4n) is 3.03. The second kappa shape index (κ2) is 4.31. The third-order valence-corrected chi connectivity index (χ3v) is 4.47. The van der Waals surface area contributed by atoms with Crippen LogP contribution in [0.2, 0.25) is 0 Å². The van der Waals surface area contributed by atoms with Crippen LogP contribution >= 0.6 is 0 Å². The van der Waals surface area contributed by atoms with Crippen LogP contribution in [0.4, 0.5) is 5.69 Å². The van der Waals surface area contributed by atoms with Crippen molar-refractivity contribution in [1.29, 1.82) is 0 Å². The molecule has 2 aromatic rings. The lowest BCUT2D eigenvalue weighted by molar-refractivity contribution is -0.0858. The zero-order chi connectivity index (χ0) is 13.6. The molecule has 0 bridgehead atoms. The lowest BCUT2D eigenvalue weighted by atomic mass is 9.79. The summed E-state index contributed by atoms with van der Waals surface area (Å²) < 4.78 is 11.1. The molecule has 2 heterocycles. The summed E-state index contributed by atoms with van der Waals surface area (Å²) in [5, 5.41) is 7.57. The third-order valence-electron chi connectivity index (χ3n) is 4.47. The van der Waals surface area contributed by atoms with Crippen molar-refractivity contribution in [1.82, 2.24) is 10.1 Å². The van der Waals surface area contributed by atoms with Gasteiger partial charge in [0.1, 0.15) is 11.6 Å². The molecule has 0 amide bonds. The van der Waals surface area contributed by atoms with Gasteiger partial charge in [-0.25, -0.2) is 0 Å². The molecule has 1 aliphatic carbocycles. The summed E-state index contributed by atoms with van der Waals surface area (Å²) in [6.07, 6.45) is 3.99. The van der Waals surface area contributed by atoms with E-state index in [1.54, 1.807) is 7.11 Å². The molecule has 20 heavy (non-hydrogen) atoms. The van der Waals surface area contributed by atoms with Crippen molar-refractivity contribution in [2.24, 2.45) is 0 Å². The van der Waals surface area contributed by atoms with E-state index in [0.29, 0.717) is 11.7 Å². The number of nitrogens with one attached hydrogen (secondary N) is 1. The van der Waals surface area contributed by atoms with Crippen LogP contribution in [0.25, 0.3) is 0 Å². The van der Waals surface area contributed by atoms with E-state index in [0.717, 1.165) is 31.4 Å². The van der Waals surface area contributed by atoms with Crippen LogP contribution < -0.4 is 5.32 Å². The number of hydrogen-bond acceptors (Lipinski definition) is 5. The first kappa shape index (κ1) is 11.9. The topological polar surface area (TPSA) is 60.2 Å². The predicted molar refractivity (Wildman–Crippen MR) is 73.3 cm³/mol. The molecule has 0 saturated heterocycles. The van der Waals surface area contributed by atoms with E-state index in [1.807, 2.05) is 6.07 Å². The summed E-state index contributed by atoms with van der Waals surface area (Å²) in [4.78, 5) is 4.58. The largest absolute Gasteiger partial charge is 0.373 e. The van der Waals surface area contributed by atoms with Gasteiger partial charge >= 0.3 is 0 Å². The Balaban J connectivity index is 1.58. The minimum Gasteiger partial charge on any atom is -0.373 e. The highest BCUT2D eigenvalue weighted by Gasteiger charge is 2.43. The zero-order valence-electron chi connectivity index (χ0n) is 11.4. The summed E-state index contributed by atoms with van der Waals surface area (Å²) >= 11 is 0. The van der Waals surface area contributed by atoms with Crippen molar-refractivity contribution in [3.05, 3.63) is 41.5 Å². The van der Waals surface area contributed by atoms with E-state index in [4.69, 9.17) is 9.26 Å². The average molecular weight is 271 g/mol. The quantitative estimate of drug-likeness (QED) is 0.930. The van der Waals surface area contributed by atoms with Gasteiger partial charge in [-0.3, -0.25) is 0 Å². The Morgan fingerprint density at radius 2 is 2.20 bits per heavy atom. The molecule has 5 nitrogen and oxygen atoms in total. The van der Waals surface area contributed by atoms with Gasteiger partial charge in [0.05, 0.1) is 0 Å². The number of fused-ring (bicyclic) bond motifs is 1. The van der Waals surface area contributed by atoms with Gasteiger partial charge in [0.15, 0.2) is 0 Å². The van der Waals surface area contributed by atoms with Gasteiger partial charge in [-0.2, -0.15) is 4.98 Å². The minimum atomic E-state index is -0.312. The van der Waals surface area contributed by atoms with Crippen molar-refractivity contribution < 1.29 is 9.26 Å². The SMILES string of the molecule is COC1(c2noc([C@@H]3Cc4ccccc4N3)n2)CCC1. The molecule has 4 rings (SSSR count). The summed E-state index contributed by atoms with van der Waals surface area (Å²) in [6, 6.07) is 8.36. The van der Waals surface area contributed by atoms with Gasteiger partial charge in [-0.05, 0) is 30.9 Å². The monoisotopic (exact) mass is 271 g/mol. The van der Waals surface area contributed by atoms with Crippen LogP contribution in [0.1, 0.15) is 42.6 Å². The first-order chi connectivity index (χ1) is 9.81. The Morgan fingerprint density at radius 3 is 2.90 bits per heavy atom. The number of anilines is 1. The molecule has 104 valence electrons. The van der Waals surface area contributed by atoms with Gasteiger partial charge in [0.25, 0.3) is 0 Å². The normalized spacial score (nSPS) is 22.9. The summed E-state index contributed by atoms with van der Waals surface area (Å²) in [5.74, 6) is 1.35. The van der Waals surface area contributed by atoms with Crippen molar-refractivity contribution in [3.8, 4) is 0 Å². The maximum atomic E-state index is 5.59. The molecule has 1 N–H and O–H groups in total. The fourth-order valence-corrected chi connectivity index (χ4v) is 3.03. The number of methoxy groups -OCH3 is 1. The molecule has 1 saturated carbocycles. The summed E-state index contributed by atoms with van der Waals surface area (Å²) in [7, 11) is 1.72. The van der Waals surface area contributed by atoms with Crippen molar-refractivity contribution in [2.45, 2.75) is 37.3 Å². The van der Waals surface area contributed by atoms with E-state index >= 15 is 0 Å². The van der Waals surface area contributed by atoms with Crippen LogP contribution in [0.15, 0.2) is 28.8 Å². The van der Waals surface area contributed by atoms with Crippen LogP contribution in [0, 0.1) is 0 Å². The lowest BCUT2D eigenvalue weighted by Gasteiger charge is -2.37. The molecular weight excluding hydrogens is 254 g/mol.